The molecule has 1 saturated carbocycles. The van der Waals surface area contributed by atoms with Crippen LogP contribution in [0.15, 0.2) is 0 Å². The Kier molecular flexibility index (Phi) is 8.85. The van der Waals surface area contributed by atoms with Gasteiger partial charge in [-0.25, -0.2) is 0 Å². The fraction of sp³-hybridized carbons (Fsp3) is 0.889. The van der Waals surface area contributed by atoms with Crippen molar-refractivity contribution < 1.29 is 27.5 Å². The van der Waals surface area contributed by atoms with E-state index in [1.54, 1.807) is 0 Å². The number of hydrogen-bond donors (Lipinski definition) is 2. The summed E-state index contributed by atoms with van der Waals surface area (Å²) in [5.74, 6) is 0. The van der Waals surface area contributed by atoms with Crippen molar-refractivity contribution in [2.45, 2.75) is 92.0 Å². The molecule has 1 fully saturated rings. The van der Waals surface area contributed by atoms with Crippen molar-refractivity contribution in [2.75, 3.05) is 0 Å². The molecule has 0 aromatic rings. The average molecular weight is 359 g/mol. The second-order valence-corrected chi connectivity index (χ2v) is 12.2. The van der Waals surface area contributed by atoms with Crippen LogP contribution in [0.3, 0.4) is 0 Å². The number of carbonyl (C=O) groups excluding carboxylic acids is 2. The number of carbonyl (C=O) groups is 2. The van der Waals surface area contributed by atoms with Gasteiger partial charge in [-0.2, -0.15) is 0 Å². The van der Waals surface area contributed by atoms with Gasteiger partial charge in [0, 0.05) is 0 Å². The molecule has 0 aliphatic heterocycles. The molecule has 1 aliphatic carbocycles. The molecule has 23 heavy (non-hydrogen) atoms. The fourth-order valence-corrected chi connectivity index (χ4v) is 7.07. The summed E-state index contributed by atoms with van der Waals surface area (Å²) in [5, 5.41) is 11.0. The van der Waals surface area contributed by atoms with Crippen LogP contribution >= 0.6 is 0 Å². The summed E-state index contributed by atoms with van der Waals surface area (Å²) in [6, 6.07) is 0.199. The first-order chi connectivity index (χ1) is 11.0. The Labute approximate surface area is 148 Å². The van der Waals surface area contributed by atoms with E-state index in [1.165, 1.54) is 38.5 Å². The van der Waals surface area contributed by atoms with Gasteiger partial charge in [-0.15, -0.1) is 0 Å². The van der Waals surface area contributed by atoms with Crippen LogP contribution in [0.4, 0.5) is 0 Å². The molecular formula is C18H35N2O2Ti. The Hall–Kier alpha value is -0.346. The maximum absolute atomic E-state index is 11.3. The zero-order valence-electron chi connectivity index (χ0n) is 15.4. The molecule has 133 valence electrons. The molecule has 2 N–H and O–H groups in total. The third-order valence-corrected chi connectivity index (χ3v) is 9.48. The van der Waals surface area contributed by atoms with Crippen molar-refractivity contribution in [2.24, 2.45) is 5.41 Å². The van der Waals surface area contributed by atoms with E-state index in [0.717, 1.165) is 32.1 Å². The van der Waals surface area contributed by atoms with Gasteiger partial charge in [0.25, 0.3) is 0 Å². The Morgan fingerprint density at radius 1 is 1.04 bits per heavy atom. The van der Waals surface area contributed by atoms with Gasteiger partial charge in [-0.1, -0.05) is 0 Å². The molecule has 1 rings (SSSR count). The Morgan fingerprint density at radius 2 is 1.65 bits per heavy atom. The van der Waals surface area contributed by atoms with Gasteiger partial charge in [0.1, 0.15) is 0 Å². The number of nitrogens with one attached hydrogen (secondary N) is 2. The van der Waals surface area contributed by atoms with Crippen molar-refractivity contribution in [1.82, 2.24) is 10.6 Å². The van der Waals surface area contributed by atoms with Crippen molar-refractivity contribution >= 4 is 12.8 Å². The molecular weight excluding hydrogens is 324 g/mol. The second kappa shape index (κ2) is 9.83. The van der Waals surface area contributed by atoms with Crippen molar-refractivity contribution in [3.8, 4) is 0 Å². The normalized spacial score (nSPS) is 26.3. The van der Waals surface area contributed by atoms with Crippen LogP contribution in [-0.2, 0) is 27.5 Å². The van der Waals surface area contributed by atoms with Crippen LogP contribution in [0.2, 0.25) is 10.5 Å². The van der Waals surface area contributed by atoms with Crippen molar-refractivity contribution in [3.63, 3.8) is 0 Å². The molecule has 4 nitrogen and oxygen atoms in total. The Balaban J connectivity index is 3.12. The molecule has 0 aromatic carbocycles. The number of unbranched alkanes of at least 4 members (excludes halogenated alkanes) is 2. The van der Waals surface area contributed by atoms with E-state index in [4.69, 9.17) is 0 Å². The fourth-order valence-electron chi connectivity index (χ4n) is 4.37. The predicted molar refractivity (Wildman–Crippen MR) is 92.0 cm³/mol. The minimum absolute atomic E-state index is 0.0395. The van der Waals surface area contributed by atoms with Crippen molar-refractivity contribution in [1.29, 1.82) is 0 Å². The van der Waals surface area contributed by atoms with Crippen LogP contribution in [0.5, 0.6) is 0 Å². The van der Waals surface area contributed by atoms with Crippen LogP contribution in [-0.4, -0.2) is 22.7 Å². The summed E-state index contributed by atoms with van der Waals surface area (Å²) in [7, 11) is 0. The summed E-state index contributed by atoms with van der Waals surface area (Å²) in [4.78, 5) is 22.4. The summed E-state index contributed by atoms with van der Waals surface area (Å²) in [5.41, 5.74) is 0.269. The number of rotatable bonds is 11. The number of hydrogen-bond acceptors (Lipinski definition) is 2. The topological polar surface area (TPSA) is 58.2 Å². The molecule has 0 spiro atoms. The molecule has 0 saturated heterocycles. The second-order valence-electron chi connectivity index (χ2n) is 7.62. The summed E-state index contributed by atoms with van der Waals surface area (Å²) in [6.07, 6.45) is 12.1. The maximum atomic E-state index is 11.3. The molecule has 2 amide bonds. The van der Waals surface area contributed by atoms with E-state index >= 15 is 0 Å². The molecule has 0 heterocycles. The molecule has 0 radical (unpaired) electrons. The quantitative estimate of drug-likeness (QED) is 0.435. The number of amides is 2. The van der Waals surface area contributed by atoms with Gasteiger partial charge in [0.2, 0.25) is 0 Å². The van der Waals surface area contributed by atoms with E-state index in [0.29, 0.717) is 0 Å². The molecule has 2 atom stereocenters. The van der Waals surface area contributed by atoms with Gasteiger partial charge >= 0.3 is 148 Å². The van der Waals surface area contributed by atoms with Crippen molar-refractivity contribution in [3.05, 3.63) is 0 Å². The van der Waals surface area contributed by atoms with Crippen LogP contribution in [0, 0.1) is 5.41 Å². The summed E-state index contributed by atoms with van der Waals surface area (Å²) < 4.78 is -0.0395. The van der Waals surface area contributed by atoms with E-state index in [-0.39, 0.29) is 15.3 Å². The zero-order chi connectivity index (χ0) is 17.3. The minimum atomic E-state index is -1.41. The van der Waals surface area contributed by atoms with Gasteiger partial charge in [-0.05, 0) is 0 Å². The molecule has 1 aliphatic rings. The molecule has 2 unspecified atom stereocenters. The van der Waals surface area contributed by atoms with Gasteiger partial charge in [0.15, 0.2) is 0 Å². The van der Waals surface area contributed by atoms with E-state index in [9.17, 15) is 9.59 Å². The van der Waals surface area contributed by atoms with Gasteiger partial charge in [0.05, 0.1) is 0 Å². The average Bonchev–Trinajstić information content (AvgIpc) is 2.51. The standard InChI is InChI=1S/C16H29N2O2.2CH3.Ti/c1-3-5-7-16(8-6-4-2)10-14(17-12-19)9-15(11-16)18-13-20;;;/h12-14H,3-11H2,1-2H3,(H,17,19)(H,18,20);2*1H3;. The van der Waals surface area contributed by atoms with E-state index in [2.05, 4.69) is 34.9 Å². The zero-order valence-corrected chi connectivity index (χ0v) is 17.0. The first-order valence-electron chi connectivity index (χ1n) is 9.19. The molecule has 0 aromatic heterocycles. The monoisotopic (exact) mass is 359 g/mol. The first kappa shape index (κ1) is 20.7. The van der Waals surface area contributed by atoms with E-state index in [1.807, 2.05) is 0 Å². The Bertz CT molecular complexity index is 368. The Morgan fingerprint density at radius 3 is 2.09 bits per heavy atom. The molecule has 0 bridgehead atoms. The van der Waals surface area contributed by atoms with Crippen LogP contribution in [0.1, 0.15) is 71.6 Å². The van der Waals surface area contributed by atoms with Crippen LogP contribution < -0.4 is 10.6 Å². The molecule has 5 heteroatoms. The third kappa shape index (κ3) is 5.60. The first-order valence-corrected chi connectivity index (χ1v) is 13.1. The van der Waals surface area contributed by atoms with Gasteiger partial charge < -0.3 is 0 Å². The van der Waals surface area contributed by atoms with Crippen LogP contribution in [0.25, 0.3) is 0 Å². The third-order valence-electron chi connectivity index (χ3n) is 5.67. The SMILES string of the molecule is CCCCC1(CCCC)CC(NC=O)C[C](NC=O)([Ti]([CH3])[CH3])C1. The van der Waals surface area contributed by atoms with E-state index < -0.39 is 17.9 Å². The summed E-state index contributed by atoms with van der Waals surface area (Å²) in [6.45, 7) is 4.49. The summed E-state index contributed by atoms with van der Waals surface area (Å²) >= 11 is -1.41. The predicted octanol–water partition coefficient (Wildman–Crippen LogP) is 3.81. The van der Waals surface area contributed by atoms with Gasteiger partial charge in [-0.3, -0.25) is 0 Å².